The highest BCUT2D eigenvalue weighted by Crippen LogP contribution is 2.37. The lowest BCUT2D eigenvalue weighted by Crippen LogP contribution is -2.06. The van der Waals surface area contributed by atoms with Gasteiger partial charge in [-0.3, -0.25) is 0 Å². The molecule has 0 bridgehead atoms. The van der Waals surface area contributed by atoms with Gasteiger partial charge in [-0.1, -0.05) is 41.6 Å². The Morgan fingerprint density at radius 3 is 2.53 bits per heavy atom. The van der Waals surface area contributed by atoms with E-state index in [2.05, 4.69) is 0 Å². The molecule has 0 atom stereocenters. The summed E-state index contributed by atoms with van der Waals surface area (Å²) >= 11 is 7.52. The molecule has 0 amide bonds. The average Bonchev–Trinajstić information content (AvgIpc) is 2.42. The molecule has 0 aliphatic carbocycles. The van der Waals surface area contributed by atoms with Gasteiger partial charge in [-0.15, -0.1) is 0 Å². The number of anilines is 1. The van der Waals surface area contributed by atoms with Crippen molar-refractivity contribution in [2.75, 3.05) is 12.8 Å². The molecule has 5 heteroatoms. The van der Waals surface area contributed by atoms with Crippen LogP contribution in [0.1, 0.15) is 10.4 Å². The number of halogens is 1. The first-order valence-electron chi connectivity index (χ1n) is 5.52. The number of hydrogen-bond donors (Lipinski definition) is 1. The Kier molecular flexibility index (Phi) is 4.35. The minimum atomic E-state index is -0.445. The Bertz CT molecular complexity index is 616. The number of hydrogen-bond acceptors (Lipinski definition) is 4. The topological polar surface area (TPSA) is 52.3 Å². The summed E-state index contributed by atoms with van der Waals surface area (Å²) in [7, 11) is 1.33. The number of para-hydroxylation sites is 1. The van der Waals surface area contributed by atoms with Gasteiger partial charge >= 0.3 is 5.97 Å². The molecular formula is C14H12ClNO2S. The first kappa shape index (κ1) is 13.8. The van der Waals surface area contributed by atoms with Crippen LogP contribution in [0.4, 0.5) is 5.69 Å². The SMILES string of the molecule is COC(=O)c1cccc(Sc2ccccc2Cl)c1N. The van der Waals surface area contributed by atoms with Crippen molar-refractivity contribution in [3.05, 3.63) is 53.1 Å². The molecule has 2 aromatic carbocycles. The van der Waals surface area contributed by atoms with E-state index in [4.69, 9.17) is 22.1 Å². The Morgan fingerprint density at radius 2 is 1.84 bits per heavy atom. The van der Waals surface area contributed by atoms with Crippen LogP contribution in [-0.4, -0.2) is 13.1 Å². The third-order valence-electron chi connectivity index (χ3n) is 2.53. The lowest BCUT2D eigenvalue weighted by molar-refractivity contribution is 0.0601. The quantitative estimate of drug-likeness (QED) is 0.689. The molecular weight excluding hydrogens is 282 g/mol. The zero-order valence-electron chi connectivity index (χ0n) is 10.2. The van der Waals surface area contributed by atoms with Crippen molar-refractivity contribution in [1.82, 2.24) is 0 Å². The molecule has 0 spiro atoms. The van der Waals surface area contributed by atoms with E-state index in [1.807, 2.05) is 30.3 Å². The maximum atomic E-state index is 11.6. The molecule has 2 rings (SSSR count). The van der Waals surface area contributed by atoms with Gasteiger partial charge in [0.15, 0.2) is 0 Å². The molecule has 0 heterocycles. The summed E-state index contributed by atoms with van der Waals surface area (Å²) in [6.07, 6.45) is 0. The second kappa shape index (κ2) is 5.99. The minimum absolute atomic E-state index is 0.361. The fourth-order valence-electron chi connectivity index (χ4n) is 1.57. The number of nitrogens with two attached hydrogens (primary N) is 1. The van der Waals surface area contributed by atoms with Gasteiger partial charge in [-0.05, 0) is 24.3 Å². The standard InChI is InChI=1S/C14H12ClNO2S/c1-18-14(17)9-5-4-8-12(13(9)16)19-11-7-3-2-6-10(11)15/h2-8H,16H2,1H3. The van der Waals surface area contributed by atoms with E-state index in [0.29, 0.717) is 16.3 Å². The van der Waals surface area contributed by atoms with E-state index in [9.17, 15) is 4.79 Å². The van der Waals surface area contributed by atoms with Gasteiger partial charge in [0.25, 0.3) is 0 Å². The van der Waals surface area contributed by atoms with E-state index in [0.717, 1.165) is 9.79 Å². The lowest BCUT2D eigenvalue weighted by atomic mass is 10.2. The van der Waals surface area contributed by atoms with Crippen LogP contribution in [0.2, 0.25) is 5.02 Å². The van der Waals surface area contributed by atoms with Crippen molar-refractivity contribution in [3.63, 3.8) is 0 Å². The molecule has 0 saturated carbocycles. The molecule has 19 heavy (non-hydrogen) atoms. The van der Waals surface area contributed by atoms with E-state index < -0.39 is 5.97 Å². The Balaban J connectivity index is 2.37. The Hall–Kier alpha value is -1.65. The van der Waals surface area contributed by atoms with E-state index in [1.165, 1.54) is 18.9 Å². The molecule has 98 valence electrons. The summed E-state index contributed by atoms with van der Waals surface area (Å²) in [6.45, 7) is 0. The van der Waals surface area contributed by atoms with Gasteiger partial charge in [-0.2, -0.15) is 0 Å². The van der Waals surface area contributed by atoms with Crippen LogP contribution < -0.4 is 5.73 Å². The second-order valence-corrected chi connectivity index (χ2v) is 5.23. The highest BCUT2D eigenvalue weighted by molar-refractivity contribution is 7.99. The summed E-state index contributed by atoms with van der Waals surface area (Å²) in [5.41, 5.74) is 6.76. The Labute approximate surface area is 120 Å². The highest BCUT2D eigenvalue weighted by Gasteiger charge is 2.14. The smallest absolute Gasteiger partial charge is 0.339 e. The van der Waals surface area contributed by atoms with E-state index >= 15 is 0 Å². The molecule has 3 nitrogen and oxygen atoms in total. The maximum Gasteiger partial charge on any atom is 0.339 e. The van der Waals surface area contributed by atoms with E-state index in [1.54, 1.807) is 12.1 Å². The number of methoxy groups -OCH3 is 1. The maximum absolute atomic E-state index is 11.6. The molecule has 0 radical (unpaired) electrons. The molecule has 0 saturated heterocycles. The fourth-order valence-corrected chi connectivity index (χ4v) is 2.73. The molecule has 0 unspecified atom stereocenters. The number of esters is 1. The number of carbonyl (C=O) groups is 1. The van der Waals surface area contributed by atoms with Crippen molar-refractivity contribution >= 4 is 35.0 Å². The summed E-state index contributed by atoms with van der Waals surface area (Å²) in [5.74, 6) is -0.445. The molecule has 2 aromatic rings. The van der Waals surface area contributed by atoms with E-state index in [-0.39, 0.29) is 0 Å². The number of ether oxygens (including phenoxy) is 1. The van der Waals surface area contributed by atoms with Crippen LogP contribution in [-0.2, 0) is 4.74 Å². The first-order valence-corrected chi connectivity index (χ1v) is 6.72. The second-order valence-electron chi connectivity index (χ2n) is 3.74. The number of carbonyl (C=O) groups excluding carboxylic acids is 1. The van der Waals surface area contributed by atoms with Gasteiger partial charge in [-0.25, -0.2) is 4.79 Å². The summed E-state index contributed by atoms with van der Waals surface area (Å²) < 4.78 is 4.69. The van der Waals surface area contributed by atoms with Crippen molar-refractivity contribution in [3.8, 4) is 0 Å². The van der Waals surface area contributed by atoms with Crippen LogP contribution in [0.3, 0.4) is 0 Å². The lowest BCUT2D eigenvalue weighted by Gasteiger charge is -2.10. The van der Waals surface area contributed by atoms with Gasteiger partial charge in [0.1, 0.15) is 0 Å². The third-order valence-corrected chi connectivity index (χ3v) is 4.12. The van der Waals surface area contributed by atoms with Gasteiger partial charge in [0.2, 0.25) is 0 Å². The van der Waals surface area contributed by atoms with Crippen molar-refractivity contribution in [1.29, 1.82) is 0 Å². The summed E-state index contributed by atoms with van der Waals surface area (Å²) in [5, 5.41) is 0.648. The summed E-state index contributed by atoms with van der Waals surface area (Å²) in [6, 6.07) is 12.7. The summed E-state index contributed by atoms with van der Waals surface area (Å²) in [4.78, 5) is 13.2. The molecule has 2 N–H and O–H groups in total. The van der Waals surface area contributed by atoms with Crippen LogP contribution in [0, 0.1) is 0 Å². The van der Waals surface area contributed by atoms with Crippen LogP contribution in [0.25, 0.3) is 0 Å². The zero-order valence-corrected chi connectivity index (χ0v) is 11.8. The molecule has 0 aliphatic rings. The predicted molar refractivity (Wildman–Crippen MR) is 77.8 cm³/mol. The zero-order chi connectivity index (χ0) is 13.8. The highest BCUT2D eigenvalue weighted by atomic mass is 35.5. The number of benzene rings is 2. The third kappa shape index (κ3) is 3.03. The number of nitrogen functional groups attached to an aromatic ring is 1. The normalized spacial score (nSPS) is 10.2. The van der Waals surface area contributed by atoms with Crippen molar-refractivity contribution < 1.29 is 9.53 Å². The van der Waals surface area contributed by atoms with Crippen LogP contribution in [0.15, 0.2) is 52.3 Å². The van der Waals surface area contributed by atoms with Gasteiger partial charge < -0.3 is 10.5 Å². The molecule has 0 fully saturated rings. The van der Waals surface area contributed by atoms with Crippen molar-refractivity contribution in [2.45, 2.75) is 9.79 Å². The number of rotatable bonds is 3. The Morgan fingerprint density at radius 1 is 1.16 bits per heavy atom. The van der Waals surface area contributed by atoms with Crippen LogP contribution in [0.5, 0.6) is 0 Å². The van der Waals surface area contributed by atoms with Gasteiger partial charge in [0, 0.05) is 9.79 Å². The largest absolute Gasteiger partial charge is 0.465 e. The molecule has 0 aliphatic heterocycles. The monoisotopic (exact) mass is 293 g/mol. The van der Waals surface area contributed by atoms with Crippen LogP contribution >= 0.6 is 23.4 Å². The van der Waals surface area contributed by atoms with Gasteiger partial charge in [0.05, 0.1) is 23.4 Å². The molecule has 0 aromatic heterocycles. The minimum Gasteiger partial charge on any atom is -0.465 e. The first-order chi connectivity index (χ1) is 9.13. The average molecular weight is 294 g/mol. The fraction of sp³-hybridized carbons (Fsp3) is 0.0714. The predicted octanol–water partition coefficient (Wildman–Crippen LogP) is 3.86. The van der Waals surface area contributed by atoms with Crippen molar-refractivity contribution in [2.24, 2.45) is 0 Å².